The second-order valence-corrected chi connectivity index (χ2v) is 7.68. The van der Waals surface area contributed by atoms with Crippen molar-refractivity contribution < 1.29 is 4.74 Å². The number of H-pyrrole nitrogens is 1. The van der Waals surface area contributed by atoms with E-state index < -0.39 is 0 Å². The lowest BCUT2D eigenvalue weighted by atomic mass is 10.0. The van der Waals surface area contributed by atoms with Gasteiger partial charge in [0.1, 0.15) is 11.8 Å². The topological polar surface area (TPSA) is 70.1 Å². The van der Waals surface area contributed by atoms with Gasteiger partial charge in [-0.05, 0) is 63.1 Å². The number of hydrazone groups is 1. The minimum absolute atomic E-state index is 0.0410. The van der Waals surface area contributed by atoms with Gasteiger partial charge in [0.05, 0.1) is 18.7 Å². The van der Waals surface area contributed by atoms with Gasteiger partial charge in [0.25, 0.3) is 5.56 Å². The van der Waals surface area contributed by atoms with E-state index in [-0.39, 0.29) is 5.56 Å². The molecule has 1 saturated heterocycles. The first-order valence-corrected chi connectivity index (χ1v) is 10.2. The number of piperidine rings is 1. The number of aromatic nitrogens is 1. The Kier molecular flexibility index (Phi) is 6.88. The zero-order valence-corrected chi connectivity index (χ0v) is 17.1. The molecule has 6 heteroatoms. The summed E-state index contributed by atoms with van der Waals surface area (Å²) in [7, 11) is 0. The normalized spacial score (nSPS) is 14.8. The monoisotopic (exact) mass is 382 g/mol. The molecule has 0 radical (unpaired) electrons. The van der Waals surface area contributed by atoms with Crippen LogP contribution in [0.1, 0.15) is 43.7 Å². The van der Waals surface area contributed by atoms with Gasteiger partial charge in [-0.2, -0.15) is 0 Å². The molecule has 0 saturated carbocycles. The Morgan fingerprint density at radius 2 is 2.00 bits per heavy atom. The second-order valence-electron chi connectivity index (χ2n) is 7.68. The number of unbranched alkanes of at least 4 members (excludes halogenated alkanes) is 1. The van der Waals surface area contributed by atoms with Crippen LogP contribution >= 0.6 is 0 Å². The van der Waals surface area contributed by atoms with Gasteiger partial charge in [-0.25, -0.2) is 4.99 Å². The standard InChI is InChI=1S/C22H30N4O2/c1-16-8-11-26(12-9-16)24-15-23-10-4-5-13-28-19-6-7-20-17(2)18(3)22(27)25-21(20)14-19/h6-7,14,16H,4-5,8-13H2,1-3H3,(H,25,27). The van der Waals surface area contributed by atoms with Gasteiger partial charge in [-0.3, -0.25) is 9.80 Å². The second kappa shape index (κ2) is 9.56. The highest BCUT2D eigenvalue weighted by molar-refractivity contribution is 5.83. The predicted molar refractivity (Wildman–Crippen MR) is 113 cm³/mol. The summed E-state index contributed by atoms with van der Waals surface area (Å²) in [4.78, 5) is 19.1. The van der Waals surface area contributed by atoms with Gasteiger partial charge in [-0.1, -0.05) is 6.92 Å². The summed E-state index contributed by atoms with van der Waals surface area (Å²) < 4.78 is 5.82. The van der Waals surface area contributed by atoms with E-state index in [1.54, 1.807) is 0 Å². The average Bonchev–Trinajstić information content (AvgIpc) is 2.69. The highest BCUT2D eigenvalue weighted by Crippen LogP contribution is 2.22. The number of benzene rings is 1. The molecule has 1 aliphatic heterocycles. The first-order chi connectivity index (χ1) is 13.5. The summed E-state index contributed by atoms with van der Waals surface area (Å²) in [6.45, 7) is 9.46. The number of aliphatic imine (C=N–C) groups is 1. The van der Waals surface area contributed by atoms with Crippen molar-refractivity contribution in [1.82, 2.24) is 9.99 Å². The minimum Gasteiger partial charge on any atom is -0.494 e. The van der Waals surface area contributed by atoms with Crippen LogP contribution in [0.25, 0.3) is 10.9 Å². The number of hydrogen-bond acceptors (Lipinski definition) is 5. The molecule has 1 N–H and O–H groups in total. The molecule has 150 valence electrons. The summed E-state index contributed by atoms with van der Waals surface area (Å²) in [5.74, 6) is 1.58. The molecule has 6 nitrogen and oxygen atoms in total. The van der Waals surface area contributed by atoms with Crippen molar-refractivity contribution in [1.29, 1.82) is 0 Å². The Hall–Kier alpha value is -2.59. The van der Waals surface area contributed by atoms with Crippen molar-refractivity contribution in [2.75, 3.05) is 26.2 Å². The van der Waals surface area contributed by atoms with Crippen LogP contribution < -0.4 is 10.3 Å². The maximum atomic E-state index is 11.9. The Labute approximate surface area is 166 Å². The van der Waals surface area contributed by atoms with Crippen molar-refractivity contribution >= 4 is 16.9 Å². The molecule has 0 aliphatic carbocycles. The summed E-state index contributed by atoms with van der Waals surface area (Å²) in [5.41, 5.74) is 2.56. The largest absolute Gasteiger partial charge is 0.494 e. The zero-order chi connectivity index (χ0) is 19.9. The molecule has 0 spiro atoms. The number of hydrogen-bond donors (Lipinski definition) is 1. The third-order valence-corrected chi connectivity index (χ3v) is 5.50. The molecule has 0 bridgehead atoms. The highest BCUT2D eigenvalue weighted by atomic mass is 16.5. The number of aromatic amines is 1. The molecule has 3 rings (SSSR count). The van der Waals surface area contributed by atoms with Gasteiger partial charge in [0.15, 0.2) is 0 Å². The Balaban J connectivity index is 1.41. The fraction of sp³-hybridized carbons (Fsp3) is 0.545. The zero-order valence-electron chi connectivity index (χ0n) is 17.1. The summed E-state index contributed by atoms with van der Waals surface area (Å²) in [6.07, 6.45) is 4.24. The summed E-state index contributed by atoms with van der Waals surface area (Å²) in [5, 5.41) is 7.40. The number of pyridine rings is 1. The maximum Gasteiger partial charge on any atom is 0.251 e. The molecule has 1 fully saturated rings. The Morgan fingerprint density at radius 1 is 1.21 bits per heavy atom. The molecule has 0 unspecified atom stereocenters. The number of rotatable bonds is 7. The number of fused-ring (bicyclic) bond motifs is 1. The lowest BCUT2D eigenvalue weighted by Crippen LogP contribution is -2.28. The van der Waals surface area contributed by atoms with E-state index >= 15 is 0 Å². The number of aryl methyl sites for hydroxylation is 1. The fourth-order valence-electron chi connectivity index (χ4n) is 3.35. The lowest BCUT2D eigenvalue weighted by Gasteiger charge is -2.26. The van der Waals surface area contributed by atoms with Gasteiger partial charge in [0, 0.05) is 30.1 Å². The van der Waals surface area contributed by atoms with Crippen LogP contribution in [0.5, 0.6) is 5.75 Å². The molecule has 2 aromatic rings. The van der Waals surface area contributed by atoms with E-state index in [9.17, 15) is 4.79 Å². The average molecular weight is 383 g/mol. The Bertz CT molecular complexity index is 920. The van der Waals surface area contributed by atoms with Gasteiger partial charge in [0.2, 0.25) is 0 Å². The van der Waals surface area contributed by atoms with Gasteiger partial charge < -0.3 is 9.72 Å². The smallest absolute Gasteiger partial charge is 0.251 e. The number of nitrogens with one attached hydrogen (secondary N) is 1. The molecule has 1 aromatic carbocycles. The number of nitrogens with zero attached hydrogens (tertiary/aromatic N) is 3. The van der Waals surface area contributed by atoms with Crippen LogP contribution in [-0.4, -0.2) is 42.2 Å². The minimum atomic E-state index is -0.0410. The molecular formula is C22H30N4O2. The SMILES string of the molecule is Cc1c(C)c2ccc(OCCCCN=C=NN3CCC(C)CC3)cc2[nH]c1=O. The first kappa shape index (κ1) is 20.2. The predicted octanol–water partition coefficient (Wildman–Crippen LogP) is 4.12. The molecule has 1 aliphatic rings. The highest BCUT2D eigenvalue weighted by Gasteiger charge is 2.13. The first-order valence-electron chi connectivity index (χ1n) is 10.2. The third-order valence-electron chi connectivity index (χ3n) is 5.50. The van der Waals surface area contributed by atoms with Gasteiger partial charge in [-0.15, -0.1) is 5.10 Å². The molecule has 2 heterocycles. The van der Waals surface area contributed by atoms with Crippen molar-refractivity contribution in [3.8, 4) is 5.75 Å². The maximum absolute atomic E-state index is 11.9. The summed E-state index contributed by atoms with van der Waals surface area (Å²) >= 11 is 0. The van der Waals surface area contributed by atoms with Crippen LogP contribution in [0.2, 0.25) is 0 Å². The molecule has 0 amide bonds. The molecule has 28 heavy (non-hydrogen) atoms. The molecule has 0 atom stereocenters. The van der Waals surface area contributed by atoms with Crippen molar-refractivity contribution in [3.05, 3.63) is 39.7 Å². The van der Waals surface area contributed by atoms with E-state index in [1.807, 2.05) is 32.0 Å². The quantitative estimate of drug-likeness (QED) is 0.578. The van der Waals surface area contributed by atoms with Crippen LogP contribution in [0.15, 0.2) is 33.1 Å². The van der Waals surface area contributed by atoms with E-state index in [2.05, 4.69) is 33.0 Å². The van der Waals surface area contributed by atoms with Gasteiger partial charge >= 0.3 is 0 Å². The lowest BCUT2D eigenvalue weighted by molar-refractivity contribution is 0.201. The molecule has 1 aromatic heterocycles. The van der Waals surface area contributed by atoms with Crippen LogP contribution in [0.4, 0.5) is 0 Å². The van der Waals surface area contributed by atoms with Crippen LogP contribution in [0.3, 0.4) is 0 Å². The third kappa shape index (κ3) is 5.23. The molecular weight excluding hydrogens is 352 g/mol. The van der Waals surface area contributed by atoms with E-state index in [0.717, 1.165) is 59.6 Å². The fourth-order valence-corrected chi connectivity index (χ4v) is 3.35. The van der Waals surface area contributed by atoms with Crippen LogP contribution in [0, 0.1) is 19.8 Å². The Morgan fingerprint density at radius 3 is 2.79 bits per heavy atom. The number of ether oxygens (including phenoxy) is 1. The van der Waals surface area contributed by atoms with Crippen molar-refractivity contribution in [2.45, 2.75) is 46.5 Å². The van der Waals surface area contributed by atoms with E-state index in [4.69, 9.17) is 4.74 Å². The van der Waals surface area contributed by atoms with E-state index in [1.165, 1.54) is 12.8 Å². The van der Waals surface area contributed by atoms with E-state index in [0.29, 0.717) is 13.2 Å². The van der Waals surface area contributed by atoms with Crippen molar-refractivity contribution in [3.63, 3.8) is 0 Å². The van der Waals surface area contributed by atoms with Crippen molar-refractivity contribution in [2.24, 2.45) is 16.0 Å². The summed E-state index contributed by atoms with van der Waals surface area (Å²) in [6, 6.07) is 8.67. The van der Waals surface area contributed by atoms with Crippen LogP contribution in [-0.2, 0) is 0 Å².